The zero-order valence-electron chi connectivity index (χ0n) is 8.66. The van der Waals surface area contributed by atoms with Crippen LogP contribution in [-0.2, 0) is 9.53 Å². The highest BCUT2D eigenvalue weighted by molar-refractivity contribution is 5.74. The minimum atomic E-state index is -0.533. The van der Waals surface area contributed by atoms with Crippen molar-refractivity contribution in [1.29, 1.82) is 0 Å². The van der Waals surface area contributed by atoms with Crippen LogP contribution in [0.4, 0.5) is 0 Å². The third-order valence-corrected chi connectivity index (χ3v) is 2.70. The molecule has 0 aromatic rings. The Morgan fingerprint density at radius 3 is 2.79 bits per heavy atom. The van der Waals surface area contributed by atoms with Crippen molar-refractivity contribution in [3.8, 4) is 0 Å². The third kappa shape index (κ3) is 2.69. The molecule has 0 amide bonds. The first-order chi connectivity index (χ1) is 6.61. The molecule has 0 aromatic heterocycles. The second-order valence-corrected chi connectivity index (χ2v) is 4.15. The maximum Gasteiger partial charge on any atom is 0.309 e. The van der Waals surface area contributed by atoms with Gasteiger partial charge in [0.05, 0.1) is 19.1 Å². The summed E-state index contributed by atoms with van der Waals surface area (Å²) in [4.78, 5) is 11.3. The maximum absolute atomic E-state index is 11.3. The lowest BCUT2D eigenvalue weighted by Crippen LogP contribution is -2.56. The van der Waals surface area contributed by atoms with Crippen LogP contribution in [0.25, 0.3) is 0 Å². The number of esters is 1. The summed E-state index contributed by atoms with van der Waals surface area (Å²) in [7, 11) is 0. The van der Waals surface area contributed by atoms with E-state index in [0.717, 1.165) is 12.8 Å². The molecule has 3 N–H and O–H groups in total. The van der Waals surface area contributed by atoms with Gasteiger partial charge in [0.1, 0.15) is 0 Å². The van der Waals surface area contributed by atoms with Crippen molar-refractivity contribution in [1.82, 2.24) is 0 Å². The average Bonchev–Trinajstić information content (AvgIpc) is 2.13. The summed E-state index contributed by atoms with van der Waals surface area (Å²) in [6.07, 6.45) is 3.03. The molecule has 1 rings (SSSR count). The fraction of sp³-hybridized carbons (Fsp3) is 0.900. The van der Waals surface area contributed by atoms with Gasteiger partial charge in [0.25, 0.3) is 0 Å². The summed E-state index contributed by atoms with van der Waals surface area (Å²) in [5, 5.41) is 8.88. The minimum Gasteiger partial charge on any atom is -0.465 e. The van der Waals surface area contributed by atoms with Crippen LogP contribution < -0.4 is 5.73 Å². The first-order valence-corrected chi connectivity index (χ1v) is 5.17. The van der Waals surface area contributed by atoms with Gasteiger partial charge in [-0.2, -0.15) is 0 Å². The molecule has 0 heterocycles. The van der Waals surface area contributed by atoms with Gasteiger partial charge in [-0.1, -0.05) is 13.3 Å². The lowest BCUT2D eigenvalue weighted by molar-refractivity contribution is -0.154. The number of carbonyl (C=O) groups excluding carboxylic acids is 1. The molecule has 1 aliphatic carbocycles. The number of ether oxygens (including phenoxy) is 1. The number of hydrogen-bond donors (Lipinski definition) is 2. The van der Waals surface area contributed by atoms with Crippen LogP contribution in [0.2, 0.25) is 0 Å². The quantitative estimate of drug-likeness (QED) is 0.500. The van der Waals surface area contributed by atoms with Crippen molar-refractivity contribution in [3.05, 3.63) is 0 Å². The van der Waals surface area contributed by atoms with Crippen molar-refractivity contribution in [2.24, 2.45) is 11.7 Å². The van der Waals surface area contributed by atoms with Crippen molar-refractivity contribution < 1.29 is 14.6 Å². The summed E-state index contributed by atoms with van der Waals surface area (Å²) < 4.78 is 5.05. The summed E-state index contributed by atoms with van der Waals surface area (Å²) in [6.45, 7) is 2.50. The highest BCUT2D eigenvalue weighted by Crippen LogP contribution is 2.36. The number of nitrogens with two attached hydrogens (primary N) is 1. The van der Waals surface area contributed by atoms with Gasteiger partial charge >= 0.3 is 5.97 Å². The lowest BCUT2D eigenvalue weighted by atomic mass is 9.69. The molecule has 82 valence electrons. The van der Waals surface area contributed by atoms with E-state index in [-0.39, 0.29) is 18.5 Å². The van der Waals surface area contributed by atoms with Crippen molar-refractivity contribution >= 4 is 5.97 Å². The van der Waals surface area contributed by atoms with Crippen LogP contribution in [0, 0.1) is 5.92 Å². The van der Waals surface area contributed by atoms with Gasteiger partial charge in [-0.3, -0.25) is 4.79 Å². The molecule has 0 spiro atoms. The molecule has 0 aliphatic heterocycles. The fourth-order valence-corrected chi connectivity index (χ4v) is 1.65. The lowest BCUT2D eigenvalue weighted by Gasteiger charge is -2.41. The van der Waals surface area contributed by atoms with Crippen molar-refractivity contribution in [3.63, 3.8) is 0 Å². The van der Waals surface area contributed by atoms with Gasteiger partial charge in [0, 0.05) is 5.54 Å². The monoisotopic (exact) mass is 201 g/mol. The van der Waals surface area contributed by atoms with Gasteiger partial charge in [0.15, 0.2) is 0 Å². The van der Waals surface area contributed by atoms with Crippen LogP contribution in [0.15, 0.2) is 0 Å². The Morgan fingerprint density at radius 2 is 2.29 bits per heavy atom. The van der Waals surface area contributed by atoms with E-state index in [1.165, 1.54) is 0 Å². The van der Waals surface area contributed by atoms with E-state index >= 15 is 0 Å². The SMILES string of the molecule is CCCCOC(=O)C1CC(N)(CO)C1. The smallest absolute Gasteiger partial charge is 0.309 e. The fourth-order valence-electron chi connectivity index (χ4n) is 1.65. The van der Waals surface area contributed by atoms with Gasteiger partial charge in [-0.25, -0.2) is 0 Å². The van der Waals surface area contributed by atoms with Crippen LogP contribution in [0.1, 0.15) is 32.6 Å². The zero-order chi connectivity index (χ0) is 10.6. The highest BCUT2D eigenvalue weighted by atomic mass is 16.5. The normalized spacial score (nSPS) is 30.9. The van der Waals surface area contributed by atoms with Crippen molar-refractivity contribution in [2.75, 3.05) is 13.2 Å². The molecule has 14 heavy (non-hydrogen) atoms. The number of aliphatic hydroxyl groups excluding tert-OH is 1. The second kappa shape index (κ2) is 4.75. The van der Waals surface area contributed by atoms with E-state index in [0.29, 0.717) is 19.4 Å². The predicted molar refractivity (Wildman–Crippen MR) is 52.6 cm³/mol. The van der Waals surface area contributed by atoms with Crippen LogP contribution >= 0.6 is 0 Å². The molecule has 0 saturated heterocycles. The molecule has 0 radical (unpaired) electrons. The van der Waals surface area contributed by atoms with E-state index in [4.69, 9.17) is 15.6 Å². The molecule has 4 nitrogen and oxygen atoms in total. The molecule has 0 aromatic carbocycles. The Hall–Kier alpha value is -0.610. The Kier molecular flexibility index (Phi) is 3.89. The molecule has 4 heteroatoms. The average molecular weight is 201 g/mol. The van der Waals surface area contributed by atoms with Gasteiger partial charge in [0.2, 0.25) is 0 Å². The molecule has 1 fully saturated rings. The van der Waals surface area contributed by atoms with Gasteiger partial charge in [-0.05, 0) is 19.3 Å². The number of carbonyl (C=O) groups is 1. The van der Waals surface area contributed by atoms with Crippen LogP contribution in [0.3, 0.4) is 0 Å². The summed E-state index contributed by atoms with van der Waals surface area (Å²) in [6, 6.07) is 0. The standard InChI is InChI=1S/C10H19NO3/c1-2-3-4-14-9(13)8-5-10(11,6-8)7-12/h8,12H,2-7,11H2,1H3. The molecule has 1 aliphatic rings. The Morgan fingerprint density at radius 1 is 1.64 bits per heavy atom. The van der Waals surface area contributed by atoms with E-state index in [2.05, 4.69) is 0 Å². The maximum atomic E-state index is 11.3. The largest absolute Gasteiger partial charge is 0.465 e. The summed E-state index contributed by atoms with van der Waals surface area (Å²) in [5.41, 5.74) is 5.19. The summed E-state index contributed by atoms with van der Waals surface area (Å²) in [5.74, 6) is -0.253. The molecule has 0 unspecified atom stereocenters. The van der Waals surface area contributed by atoms with Crippen LogP contribution in [-0.4, -0.2) is 29.8 Å². The number of hydrogen-bond acceptors (Lipinski definition) is 4. The molecule has 0 bridgehead atoms. The van der Waals surface area contributed by atoms with Crippen molar-refractivity contribution in [2.45, 2.75) is 38.1 Å². The molecular formula is C10H19NO3. The second-order valence-electron chi connectivity index (χ2n) is 4.15. The first-order valence-electron chi connectivity index (χ1n) is 5.17. The molecule has 1 saturated carbocycles. The minimum absolute atomic E-state index is 0.0499. The summed E-state index contributed by atoms with van der Waals surface area (Å²) >= 11 is 0. The Labute approximate surface area is 84.4 Å². The molecule has 0 atom stereocenters. The Bertz CT molecular complexity index is 200. The van der Waals surface area contributed by atoms with E-state index < -0.39 is 5.54 Å². The van der Waals surface area contributed by atoms with Gasteiger partial charge in [-0.15, -0.1) is 0 Å². The Balaban J connectivity index is 2.16. The van der Waals surface area contributed by atoms with E-state index in [1.807, 2.05) is 6.92 Å². The number of aliphatic hydroxyl groups is 1. The first kappa shape index (κ1) is 11.5. The number of unbranched alkanes of at least 4 members (excludes halogenated alkanes) is 1. The zero-order valence-corrected chi connectivity index (χ0v) is 8.66. The number of rotatable bonds is 5. The van der Waals surface area contributed by atoms with Gasteiger partial charge < -0.3 is 15.6 Å². The topological polar surface area (TPSA) is 72.5 Å². The predicted octanol–water partition coefficient (Wildman–Crippen LogP) is 0.430. The molecular weight excluding hydrogens is 182 g/mol. The highest BCUT2D eigenvalue weighted by Gasteiger charge is 2.44. The van der Waals surface area contributed by atoms with E-state index in [9.17, 15) is 4.79 Å². The van der Waals surface area contributed by atoms with Crippen LogP contribution in [0.5, 0.6) is 0 Å². The van der Waals surface area contributed by atoms with E-state index in [1.54, 1.807) is 0 Å². The third-order valence-electron chi connectivity index (χ3n) is 2.70.